The lowest BCUT2D eigenvalue weighted by molar-refractivity contribution is -0.131. The first-order chi connectivity index (χ1) is 9.88. The number of aliphatic carboxylic acids is 1. The number of nitrogens with one attached hydrogen (secondary N) is 2. The Morgan fingerprint density at radius 3 is 2.62 bits per heavy atom. The number of amides is 3. The minimum Gasteiger partial charge on any atom is -0.478 e. The summed E-state index contributed by atoms with van der Waals surface area (Å²) in [7, 11) is 0. The van der Waals surface area contributed by atoms with Gasteiger partial charge in [-0.25, -0.2) is 9.59 Å². The third-order valence-corrected chi connectivity index (χ3v) is 2.55. The number of hydrogen-bond donors (Lipinski definition) is 3. The van der Waals surface area contributed by atoms with Gasteiger partial charge < -0.3 is 10.4 Å². The zero-order chi connectivity index (χ0) is 15.8. The Balaban J connectivity index is 2.23. The SMILES string of the molecule is Cc1cc(C)n(CCCNC(=O)NC(=O)/C=C/C(=O)O)n1. The van der Waals surface area contributed by atoms with E-state index in [0.717, 1.165) is 17.5 Å². The molecule has 0 unspecified atom stereocenters. The van der Waals surface area contributed by atoms with Crippen LogP contribution in [0.5, 0.6) is 0 Å². The molecule has 8 nitrogen and oxygen atoms in total. The number of carbonyl (C=O) groups is 3. The molecule has 0 radical (unpaired) electrons. The van der Waals surface area contributed by atoms with Gasteiger partial charge in [-0.3, -0.25) is 14.8 Å². The number of hydrogen-bond acceptors (Lipinski definition) is 4. The molecule has 0 atom stereocenters. The average Bonchev–Trinajstić information content (AvgIpc) is 2.70. The van der Waals surface area contributed by atoms with Crippen LogP contribution in [-0.4, -0.2) is 39.3 Å². The molecule has 3 N–H and O–H groups in total. The number of nitrogens with zero attached hydrogens (tertiary/aromatic N) is 2. The van der Waals surface area contributed by atoms with Crippen molar-refractivity contribution in [2.45, 2.75) is 26.8 Å². The molecule has 0 aliphatic heterocycles. The molecule has 0 saturated heterocycles. The fourth-order valence-corrected chi connectivity index (χ4v) is 1.68. The van der Waals surface area contributed by atoms with Crippen LogP contribution >= 0.6 is 0 Å². The first kappa shape index (κ1) is 16.4. The van der Waals surface area contributed by atoms with Crippen LogP contribution in [0.1, 0.15) is 17.8 Å². The molecule has 1 aromatic rings. The van der Waals surface area contributed by atoms with E-state index in [-0.39, 0.29) is 0 Å². The van der Waals surface area contributed by atoms with Crippen molar-refractivity contribution in [1.82, 2.24) is 20.4 Å². The van der Waals surface area contributed by atoms with Crippen molar-refractivity contribution < 1.29 is 19.5 Å². The zero-order valence-electron chi connectivity index (χ0n) is 11.9. The lowest BCUT2D eigenvalue weighted by atomic mass is 10.4. The van der Waals surface area contributed by atoms with E-state index in [0.29, 0.717) is 25.6 Å². The highest BCUT2D eigenvalue weighted by molar-refractivity contribution is 6.02. The van der Waals surface area contributed by atoms with Crippen molar-refractivity contribution in [2.24, 2.45) is 0 Å². The Hall–Kier alpha value is -2.64. The number of urea groups is 1. The monoisotopic (exact) mass is 294 g/mol. The van der Waals surface area contributed by atoms with Gasteiger partial charge in [0.15, 0.2) is 0 Å². The van der Waals surface area contributed by atoms with Crippen LogP contribution < -0.4 is 10.6 Å². The van der Waals surface area contributed by atoms with E-state index in [4.69, 9.17) is 5.11 Å². The number of rotatable bonds is 6. The Kier molecular flexibility index (Phi) is 6.12. The quantitative estimate of drug-likeness (QED) is 0.518. The summed E-state index contributed by atoms with van der Waals surface area (Å²) < 4.78 is 1.84. The van der Waals surface area contributed by atoms with Gasteiger partial charge >= 0.3 is 12.0 Å². The molecular weight excluding hydrogens is 276 g/mol. The highest BCUT2D eigenvalue weighted by Gasteiger charge is 2.05. The summed E-state index contributed by atoms with van der Waals surface area (Å²) in [5.41, 5.74) is 1.99. The fourth-order valence-electron chi connectivity index (χ4n) is 1.68. The van der Waals surface area contributed by atoms with Gasteiger partial charge in [-0.1, -0.05) is 0 Å². The Morgan fingerprint density at radius 2 is 2.05 bits per heavy atom. The topological polar surface area (TPSA) is 113 Å². The number of aromatic nitrogens is 2. The molecule has 1 rings (SSSR count). The largest absolute Gasteiger partial charge is 0.478 e. The summed E-state index contributed by atoms with van der Waals surface area (Å²) in [5.74, 6) is -2.04. The molecule has 0 fully saturated rings. The lowest BCUT2D eigenvalue weighted by Crippen LogP contribution is -2.39. The van der Waals surface area contributed by atoms with Crippen LogP contribution in [0.4, 0.5) is 4.79 Å². The second kappa shape index (κ2) is 7.83. The summed E-state index contributed by atoms with van der Waals surface area (Å²) in [6.45, 7) is 4.89. The first-order valence-corrected chi connectivity index (χ1v) is 6.39. The number of aryl methyl sites for hydroxylation is 3. The maximum atomic E-state index is 11.3. The van der Waals surface area contributed by atoms with E-state index in [2.05, 4.69) is 10.4 Å². The molecule has 21 heavy (non-hydrogen) atoms. The van der Waals surface area contributed by atoms with Gasteiger partial charge in [0.05, 0.1) is 5.69 Å². The molecular formula is C13H18N4O4. The van der Waals surface area contributed by atoms with Gasteiger partial charge in [-0.05, 0) is 26.3 Å². The maximum absolute atomic E-state index is 11.3. The number of carbonyl (C=O) groups excluding carboxylic acids is 2. The van der Waals surface area contributed by atoms with Gasteiger partial charge in [0.25, 0.3) is 5.91 Å². The molecule has 0 spiro atoms. The van der Waals surface area contributed by atoms with Crippen LogP contribution in [0.25, 0.3) is 0 Å². The molecule has 3 amide bonds. The summed E-state index contributed by atoms with van der Waals surface area (Å²) in [4.78, 5) is 32.6. The van der Waals surface area contributed by atoms with Gasteiger partial charge in [-0.15, -0.1) is 0 Å². The van der Waals surface area contributed by atoms with Gasteiger partial charge in [0, 0.05) is 30.9 Å². The van der Waals surface area contributed by atoms with E-state index in [1.54, 1.807) is 0 Å². The predicted octanol–water partition coefficient (Wildman–Crippen LogP) is 0.357. The van der Waals surface area contributed by atoms with Crippen LogP contribution in [0.2, 0.25) is 0 Å². The second-order valence-electron chi connectivity index (χ2n) is 4.42. The van der Waals surface area contributed by atoms with Crippen LogP contribution in [-0.2, 0) is 16.1 Å². The van der Waals surface area contributed by atoms with Crippen molar-refractivity contribution in [2.75, 3.05) is 6.54 Å². The summed E-state index contributed by atoms with van der Waals surface area (Å²) in [6.07, 6.45) is 2.10. The molecule has 1 heterocycles. The third-order valence-electron chi connectivity index (χ3n) is 2.55. The molecule has 0 saturated carbocycles. The average molecular weight is 294 g/mol. The fraction of sp³-hybridized carbons (Fsp3) is 0.385. The minimum atomic E-state index is -1.25. The smallest absolute Gasteiger partial charge is 0.328 e. The van der Waals surface area contributed by atoms with E-state index < -0.39 is 17.9 Å². The van der Waals surface area contributed by atoms with Crippen LogP contribution in [0.3, 0.4) is 0 Å². The normalized spacial score (nSPS) is 10.6. The predicted molar refractivity (Wildman–Crippen MR) is 74.6 cm³/mol. The lowest BCUT2D eigenvalue weighted by Gasteiger charge is -2.06. The minimum absolute atomic E-state index is 0.375. The number of carboxylic acid groups (broad SMARTS) is 1. The summed E-state index contributed by atoms with van der Waals surface area (Å²) in [5, 5.41) is 17.1. The van der Waals surface area contributed by atoms with E-state index in [1.165, 1.54) is 0 Å². The highest BCUT2D eigenvalue weighted by Crippen LogP contribution is 2.02. The van der Waals surface area contributed by atoms with Crippen molar-refractivity contribution in [3.63, 3.8) is 0 Å². The van der Waals surface area contributed by atoms with E-state index in [9.17, 15) is 14.4 Å². The number of carboxylic acids is 1. The first-order valence-electron chi connectivity index (χ1n) is 6.39. The van der Waals surface area contributed by atoms with Crippen molar-refractivity contribution in [1.29, 1.82) is 0 Å². The van der Waals surface area contributed by atoms with E-state index >= 15 is 0 Å². The van der Waals surface area contributed by atoms with Crippen LogP contribution in [0, 0.1) is 13.8 Å². The highest BCUT2D eigenvalue weighted by atomic mass is 16.4. The van der Waals surface area contributed by atoms with Gasteiger partial charge in [-0.2, -0.15) is 5.10 Å². The van der Waals surface area contributed by atoms with E-state index in [1.807, 2.05) is 29.9 Å². The number of imide groups is 1. The molecule has 0 bridgehead atoms. The Bertz CT molecular complexity index is 563. The van der Waals surface area contributed by atoms with Gasteiger partial charge in [0.1, 0.15) is 0 Å². The zero-order valence-corrected chi connectivity index (χ0v) is 11.9. The second-order valence-corrected chi connectivity index (χ2v) is 4.42. The summed E-state index contributed by atoms with van der Waals surface area (Å²) in [6, 6.07) is 1.30. The summed E-state index contributed by atoms with van der Waals surface area (Å²) >= 11 is 0. The molecule has 1 aromatic heterocycles. The Labute approximate surface area is 121 Å². The Morgan fingerprint density at radius 1 is 1.33 bits per heavy atom. The maximum Gasteiger partial charge on any atom is 0.328 e. The molecule has 0 aliphatic rings. The van der Waals surface area contributed by atoms with Crippen molar-refractivity contribution in [3.05, 3.63) is 29.6 Å². The molecule has 114 valence electrons. The van der Waals surface area contributed by atoms with Crippen molar-refractivity contribution >= 4 is 17.9 Å². The standard InChI is InChI=1S/C13H18N4O4/c1-9-8-10(2)17(16-9)7-3-6-14-13(21)15-11(18)4-5-12(19)20/h4-5,8H,3,6-7H2,1-2H3,(H,19,20)(H2,14,15,18,21)/b5-4+. The van der Waals surface area contributed by atoms with Crippen LogP contribution in [0.15, 0.2) is 18.2 Å². The molecule has 0 aliphatic carbocycles. The molecule has 0 aromatic carbocycles. The van der Waals surface area contributed by atoms with Crippen molar-refractivity contribution in [3.8, 4) is 0 Å². The van der Waals surface area contributed by atoms with Gasteiger partial charge in [0.2, 0.25) is 0 Å². The third kappa shape index (κ3) is 6.37. The molecule has 8 heteroatoms.